The van der Waals surface area contributed by atoms with Gasteiger partial charge in [0.2, 0.25) is 5.91 Å². The molecule has 0 unspecified atom stereocenters. The molecule has 2 heterocycles. The lowest BCUT2D eigenvalue weighted by Gasteiger charge is -2.30. The molecule has 1 aliphatic rings. The summed E-state index contributed by atoms with van der Waals surface area (Å²) in [5, 5.41) is 12.3. The fraction of sp³-hybridized carbons (Fsp3) is 0.350. The molecule has 0 spiro atoms. The van der Waals surface area contributed by atoms with Gasteiger partial charge in [-0.1, -0.05) is 42.5 Å². The second-order valence-electron chi connectivity index (χ2n) is 6.60. The van der Waals surface area contributed by atoms with Crippen molar-refractivity contribution in [2.75, 3.05) is 26.3 Å². The van der Waals surface area contributed by atoms with Crippen molar-refractivity contribution in [1.29, 1.82) is 0 Å². The minimum Gasteiger partial charge on any atom is -0.378 e. The van der Waals surface area contributed by atoms with Crippen LogP contribution in [-0.2, 0) is 22.6 Å². The average molecular weight is 365 g/mol. The van der Waals surface area contributed by atoms with Gasteiger partial charge in [-0.25, -0.2) is 0 Å². The summed E-state index contributed by atoms with van der Waals surface area (Å²) < 4.78 is 5.37. The van der Waals surface area contributed by atoms with Crippen molar-refractivity contribution in [3.63, 3.8) is 0 Å². The number of nitrogens with zero attached hydrogens (tertiary/aromatic N) is 4. The molecular formula is C20H23N5O2. The molecule has 1 aromatic heterocycles. The first-order valence-electron chi connectivity index (χ1n) is 9.23. The number of amides is 1. The third-order valence-electron chi connectivity index (χ3n) is 4.71. The van der Waals surface area contributed by atoms with E-state index in [1.807, 2.05) is 59.5 Å². The van der Waals surface area contributed by atoms with Crippen LogP contribution < -0.4 is 5.32 Å². The highest BCUT2D eigenvalue weighted by atomic mass is 16.5. The predicted octanol–water partition coefficient (Wildman–Crippen LogP) is 1.45. The molecule has 0 bridgehead atoms. The summed E-state index contributed by atoms with van der Waals surface area (Å²) in [4.78, 5) is 16.5. The molecule has 7 nitrogen and oxygen atoms in total. The number of benzene rings is 2. The fourth-order valence-corrected chi connectivity index (χ4v) is 3.27. The smallest absolute Gasteiger partial charge is 0.240 e. The Hall–Kier alpha value is -2.77. The summed E-state index contributed by atoms with van der Waals surface area (Å²) >= 11 is 0. The van der Waals surface area contributed by atoms with E-state index in [0.29, 0.717) is 39.4 Å². The Morgan fingerprint density at radius 1 is 1.00 bits per heavy atom. The molecule has 3 aromatic rings. The lowest BCUT2D eigenvalue weighted by atomic mass is 10.0. The molecule has 7 heteroatoms. The van der Waals surface area contributed by atoms with E-state index in [1.54, 1.807) is 4.80 Å². The van der Waals surface area contributed by atoms with E-state index in [4.69, 9.17) is 4.74 Å². The second kappa shape index (κ2) is 8.28. The van der Waals surface area contributed by atoms with E-state index in [2.05, 4.69) is 15.5 Å². The summed E-state index contributed by atoms with van der Waals surface area (Å²) in [6.45, 7) is 2.83. The third-order valence-corrected chi connectivity index (χ3v) is 4.71. The average Bonchev–Trinajstić information content (AvgIpc) is 3.15. The first-order chi connectivity index (χ1) is 13.3. The van der Waals surface area contributed by atoms with Crippen molar-refractivity contribution >= 4 is 16.9 Å². The van der Waals surface area contributed by atoms with E-state index < -0.39 is 0 Å². The molecule has 1 aliphatic heterocycles. The zero-order chi connectivity index (χ0) is 18.5. The van der Waals surface area contributed by atoms with Crippen LogP contribution in [0.2, 0.25) is 0 Å². The van der Waals surface area contributed by atoms with Gasteiger partial charge in [-0.2, -0.15) is 15.0 Å². The first kappa shape index (κ1) is 17.6. The number of carbonyl (C=O) groups is 1. The van der Waals surface area contributed by atoms with Crippen LogP contribution in [0, 0.1) is 0 Å². The van der Waals surface area contributed by atoms with Gasteiger partial charge in [-0.05, 0) is 24.1 Å². The molecular weight excluding hydrogens is 342 g/mol. The molecule has 0 radical (unpaired) electrons. The Labute approximate surface area is 157 Å². The van der Waals surface area contributed by atoms with Crippen LogP contribution in [0.1, 0.15) is 5.56 Å². The summed E-state index contributed by atoms with van der Waals surface area (Å²) in [5.41, 5.74) is 2.81. The number of morpholine rings is 1. The highest BCUT2D eigenvalue weighted by Crippen LogP contribution is 2.09. The quantitative estimate of drug-likeness (QED) is 0.716. The summed E-state index contributed by atoms with van der Waals surface area (Å²) in [7, 11) is 0. The number of aromatic nitrogens is 3. The first-order valence-corrected chi connectivity index (χ1v) is 9.23. The molecule has 0 aliphatic carbocycles. The van der Waals surface area contributed by atoms with Gasteiger partial charge in [0.1, 0.15) is 17.7 Å². The van der Waals surface area contributed by atoms with Crippen LogP contribution in [-0.4, -0.2) is 58.1 Å². The van der Waals surface area contributed by atoms with Crippen molar-refractivity contribution < 1.29 is 9.53 Å². The number of rotatable bonds is 6. The van der Waals surface area contributed by atoms with E-state index in [0.717, 1.165) is 16.6 Å². The largest absolute Gasteiger partial charge is 0.378 e. The van der Waals surface area contributed by atoms with Crippen LogP contribution in [0.25, 0.3) is 11.0 Å². The minimum atomic E-state index is -0.334. The van der Waals surface area contributed by atoms with Gasteiger partial charge >= 0.3 is 0 Å². The Bertz CT molecular complexity index is 857. The molecule has 1 amide bonds. The van der Waals surface area contributed by atoms with Crippen LogP contribution in [0.15, 0.2) is 54.6 Å². The van der Waals surface area contributed by atoms with Crippen LogP contribution >= 0.6 is 0 Å². The molecule has 1 N–H and O–H groups in total. The lowest BCUT2D eigenvalue weighted by Crippen LogP contribution is -2.51. The van der Waals surface area contributed by atoms with Gasteiger partial charge in [-0.15, -0.1) is 0 Å². The number of fused-ring (bicyclic) bond motifs is 1. The van der Waals surface area contributed by atoms with Crippen molar-refractivity contribution in [3.8, 4) is 0 Å². The molecule has 1 atom stereocenters. The van der Waals surface area contributed by atoms with E-state index in [-0.39, 0.29) is 11.9 Å². The molecule has 1 fully saturated rings. The molecule has 27 heavy (non-hydrogen) atoms. The topological polar surface area (TPSA) is 72.3 Å². The number of hydrogen-bond donors (Lipinski definition) is 1. The standard InChI is InChI=1S/C20H23N5O2/c26-20(24-10-12-27-13-11-24)19(14-16-6-2-1-3-7-16)21-15-25-22-17-8-4-5-9-18(17)23-25/h1-9,19,21H,10-15H2/t19-/m0/s1. The number of hydrogen-bond acceptors (Lipinski definition) is 5. The van der Waals surface area contributed by atoms with Crippen LogP contribution in [0.4, 0.5) is 0 Å². The van der Waals surface area contributed by atoms with Gasteiger partial charge < -0.3 is 9.64 Å². The normalized spacial score (nSPS) is 15.8. The van der Waals surface area contributed by atoms with Crippen LogP contribution in [0.5, 0.6) is 0 Å². The highest BCUT2D eigenvalue weighted by molar-refractivity contribution is 5.82. The SMILES string of the molecule is O=C([C@H](Cc1ccccc1)NCn1nc2ccccc2n1)N1CCOCC1. The van der Waals surface area contributed by atoms with Gasteiger partial charge in [0.05, 0.1) is 19.3 Å². The summed E-state index contributed by atoms with van der Waals surface area (Å²) in [6.07, 6.45) is 0.623. The monoisotopic (exact) mass is 365 g/mol. The Morgan fingerprint density at radius 3 is 2.30 bits per heavy atom. The maximum atomic E-state index is 13.1. The molecule has 140 valence electrons. The summed E-state index contributed by atoms with van der Waals surface area (Å²) in [5.74, 6) is 0.0962. The zero-order valence-corrected chi connectivity index (χ0v) is 15.1. The van der Waals surface area contributed by atoms with Crippen molar-refractivity contribution in [2.45, 2.75) is 19.1 Å². The third kappa shape index (κ3) is 4.32. The van der Waals surface area contributed by atoms with Gasteiger partial charge in [0.25, 0.3) is 0 Å². The Kier molecular flexibility index (Phi) is 5.41. The van der Waals surface area contributed by atoms with Gasteiger partial charge in [-0.3, -0.25) is 10.1 Å². The number of nitrogens with one attached hydrogen (secondary N) is 1. The Balaban J connectivity index is 1.48. The highest BCUT2D eigenvalue weighted by Gasteiger charge is 2.26. The second-order valence-corrected chi connectivity index (χ2v) is 6.60. The predicted molar refractivity (Wildman–Crippen MR) is 102 cm³/mol. The van der Waals surface area contributed by atoms with Crippen molar-refractivity contribution in [2.24, 2.45) is 0 Å². The lowest BCUT2D eigenvalue weighted by molar-refractivity contribution is -0.137. The van der Waals surface area contributed by atoms with Gasteiger partial charge in [0, 0.05) is 13.1 Å². The van der Waals surface area contributed by atoms with Crippen molar-refractivity contribution in [3.05, 3.63) is 60.2 Å². The molecule has 1 saturated heterocycles. The Morgan fingerprint density at radius 2 is 1.63 bits per heavy atom. The maximum absolute atomic E-state index is 13.1. The fourth-order valence-electron chi connectivity index (χ4n) is 3.27. The maximum Gasteiger partial charge on any atom is 0.240 e. The van der Waals surface area contributed by atoms with E-state index >= 15 is 0 Å². The van der Waals surface area contributed by atoms with E-state index in [1.165, 1.54) is 0 Å². The number of ether oxygens (including phenoxy) is 1. The minimum absolute atomic E-state index is 0.0962. The zero-order valence-electron chi connectivity index (χ0n) is 15.1. The molecule has 0 saturated carbocycles. The molecule has 4 rings (SSSR count). The van der Waals surface area contributed by atoms with Gasteiger partial charge in [0.15, 0.2) is 0 Å². The molecule has 2 aromatic carbocycles. The summed E-state index contributed by atoms with van der Waals surface area (Å²) in [6, 6.07) is 17.5. The number of carbonyl (C=O) groups excluding carboxylic acids is 1. The van der Waals surface area contributed by atoms with Crippen molar-refractivity contribution in [1.82, 2.24) is 25.2 Å². The van der Waals surface area contributed by atoms with E-state index in [9.17, 15) is 4.79 Å². The van der Waals surface area contributed by atoms with Crippen LogP contribution in [0.3, 0.4) is 0 Å².